The molecule has 1 saturated heterocycles. The molecule has 15 heavy (non-hydrogen) atoms. The van der Waals surface area contributed by atoms with Gasteiger partial charge in [0.05, 0.1) is 11.7 Å². The van der Waals surface area contributed by atoms with Crippen LogP contribution in [0, 0.1) is 0 Å². The van der Waals surface area contributed by atoms with Crippen molar-refractivity contribution in [2.45, 2.75) is 58.3 Å². The second kappa shape index (κ2) is 5.28. The van der Waals surface area contributed by atoms with E-state index in [1.165, 1.54) is 6.42 Å². The zero-order chi connectivity index (χ0) is 11.5. The summed E-state index contributed by atoms with van der Waals surface area (Å²) < 4.78 is 5.86. The fourth-order valence-electron chi connectivity index (χ4n) is 2.52. The Morgan fingerprint density at radius 3 is 2.73 bits per heavy atom. The van der Waals surface area contributed by atoms with Gasteiger partial charge in [0.2, 0.25) is 0 Å². The first-order valence-electron chi connectivity index (χ1n) is 6.08. The molecule has 0 aliphatic carbocycles. The highest BCUT2D eigenvalue weighted by Crippen LogP contribution is 2.20. The van der Waals surface area contributed by atoms with Gasteiger partial charge in [-0.25, -0.2) is 0 Å². The maximum atomic E-state index is 6.07. The molecule has 2 unspecified atom stereocenters. The van der Waals surface area contributed by atoms with Crippen molar-refractivity contribution in [3.63, 3.8) is 0 Å². The lowest BCUT2D eigenvalue weighted by atomic mass is 10.0. The van der Waals surface area contributed by atoms with E-state index in [1.54, 1.807) is 0 Å². The van der Waals surface area contributed by atoms with Gasteiger partial charge < -0.3 is 10.5 Å². The Kier molecular flexibility index (Phi) is 4.56. The van der Waals surface area contributed by atoms with Gasteiger partial charge in [-0.1, -0.05) is 13.3 Å². The minimum atomic E-state index is -0.0242. The Morgan fingerprint density at radius 2 is 2.20 bits per heavy atom. The van der Waals surface area contributed by atoms with E-state index in [2.05, 4.69) is 32.6 Å². The van der Waals surface area contributed by atoms with Gasteiger partial charge in [0.25, 0.3) is 0 Å². The number of ether oxygens (including phenoxy) is 1. The highest BCUT2D eigenvalue weighted by molar-refractivity contribution is 4.84. The van der Waals surface area contributed by atoms with E-state index in [0.717, 1.165) is 26.1 Å². The van der Waals surface area contributed by atoms with Crippen LogP contribution in [-0.2, 0) is 4.74 Å². The van der Waals surface area contributed by atoms with Crippen LogP contribution in [0.3, 0.4) is 0 Å². The van der Waals surface area contributed by atoms with Crippen LogP contribution < -0.4 is 5.73 Å². The lowest BCUT2D eigenvalue weighted by Gasteiger charge is -2.42. The van der Waals surface area contributed by atoms with Gasteiger partial charge in [-0.2, -0.15) is 0 Å². The molecule has 3 nitrogen and oxygen atoms in total. The average Bonchev–Trinajstić information content (AvgIpc) is 1.99. The van der Waals surface area contributed by atoms with Crippen LogP contribution in [0.2, 0.25) is 0 Å². The van der Waals surface area contributed by atoms with E-state index >= 15 is 0 Å². The topological polar surface area (TPSA) is 38.5 Å². The molecule has 0 aromatic rings. The molecule has 1 heterocycles. The summed E-state index contributed by atoms with van der Waals surface area (Å²) in [5, 5.41) is 0. The molecule has 90 valence electrons. The Balaban J connectivity index is 2.41. The zero-order valence-electron chi connectivity index (χ0n) is 10.6. The van der Waals surface area contributed by atoms with Crippen molar-refractivity contribution in [3.05, 3.63) is 0 Å². The normalized spacial score (nSPS) is 29.0. The molecule has 1 rings (SSSR count). The third-order valence-electron chi connectivity index (χ3n) is 2.79. The highest BCUT2D eigenvalue weighted by atomic mass is 16.5. The summed E-state index contributed by atoms with van der Waals surface area (Å²) in [5.41, 5.74) is 6.04. The van der Waals surface area contributed by atoms with Crippen LogP contribution in [0.5, 0.6) is 0 Å². The van der Waals surface area contributed by atoms with E-state index in [4.69, 9.17) is 10.5 Å². The Labute approximate surface area is 94.0 Å². The van der Waals surface area contributed by atoms with Crippen molar-refractivity contribution in [2.75, 3.05) is 19.6 Å². The first-order valence-corrected chi connectivity index (χ1v) is 6.08. The van der Waals surface area contributed by atoms with E-state index in [9.17, 15) is 0 Å². The third kappa shape index (κ3) is 4.49. The first-order chi connectivity index (χ1) is 6.93. The number of morpholine rings is 1. The summed E-state index contributed by atoms with van der Waals surface area (Å²) in [6.07, 6.45) is 2.61. The molecule has 0 aromatic carbocycles. The van der Waals surface area contributed by atoms with Crippen molar-refractivity contribution in [1.29, 1.82) is 0 Å². The smallest absolute Gasteiger partial charge is 0.0757 e. The standard InChI is InChI=1S/C12H26N2O/c1-5-6-11(13)8-14-7-10(2)15-12(3,4)9-14/h10-11H,5-9,13H2,1-4H3. The lowest BCUT2D eigenvalue weighted by molar-refractivity contribution is -0.129. The summed E-state index contributed by atoms with van der Waals surface area (Å²) in [5.74, 6) is 0. The maximum absolute atomic E-state index is 6.07. The largest absolute Gasteiger partial charge is 0.370 e. The molecular weight excluding hydrogens is 188 g/mol. The van der Waals surface area contributed by atoms with Crippen molar-refractivity contribution >= 4 is 0 Å². The summed E-state index contributed by atoms with van der Waals surface area (Å²) in [6, 6.07) is 0.316. The van der Waals surface area contributed by atoms with Crippen molar-refractivity contribution in [1.82, 2.24) is 4.90 Å². The molecule has 0 spiro atoms. The Bertz CT molecular complexity index is 194. The van der Waals surface area contributed by atoms with Gasteiger partial charge in [0, 0.05) is 25.7 Å². The van der Waals surface area contributed by atoms with Gasteiger partial charge in [0.15, 0.2) is 0 Å². The molecule has 0 amide bonds. The predicted octanol–water partition coefficient (Wildman–Crippen LogP) is 1.61. The number of hydrogen-bond acceptors (Lipinski definition) is 3. The van der Waals surface area contributed by atoms with Gasteiger partial charge in [-0.15, -0.1) is 0 Å². The Morgan fingerprint density at radius 1 is 1.53 bits per heavy atom. The fourth-order valence-corrected chi connectivity index (χ4v) is 2.52. The van der Waals surface area contributed by atoms with Crippen molar-refractivity contribution < 1.29 is 4.74 Å². The fraction of sp³-hybridized carbons (Fsp3) is 1.00. The minimum absolute atomic E-state index is 0.0242. The molecule has 2 N–H and O–H groups in total. The van der Waals surface area contributed by atoms with Crippen LogP contribution in [0.25, 0.3) is 0 Å². The second-order valence-corrected chi connectivity index (χ2v) is 5.43. The molecule has 1 aliphatic rings. The predicted molar refractivity (Wildman–Crippen MR) is 63.9 cm³/mol. The van der Waals surface area contributed by atoms with Crippen molar-refractivity contribution in [3.8, 4) is 0 Å². The van der Waals surface area contributed by atoms with Crippen molar-refractivity contribution in [2.24, 2.45) is 5.73 Å². The molecule has 0 bridgehead atoms. The molecule has 3 heteroatoms. The molecular formula is C12H26N2O. The van der Waals surface area contributed by atoms with E-state index in [0.29, 0.717) is 12.1 Å². The number of nitrogens with zero attached hydrogens (tertiary/aromatic N) is 1. The summed E-state index contributed by atoms with van der Waals surface area (Å²) >= 11 is 0. The number of rotatable bonds is 4. The second-order valence-electron chi connectivity index (χ2n) is 5.43. The average molecular weight is 214 g/mol. The number of nitrogens with two attached hydrogens (primary N) is 1. The highest BCUT2D eigenvalue weighted by Gasteiger charge is 2.31. The van der Waals surface area contributed by atoms with E-state index in [1.807, 2.05) is 0 Å². The monoisotopic (exact) mass is 214 g/mol. The van der Waals surface area contributed by atoms with Crippen LogP contribution in [0.1, 0.15) is 40.5 Å². The molecule has 2 atom stereocenters. The lowest BCUT2D eigenvalue weighted by Crippen LogP contribution is -2.54. The first kappa shape index (κ1) is 12.9. The van der Waals surface area contributed by atoms with Gasteiger partial charge in [-0.05, 0) is 27.2 Å². The molecule has 0 saturated carbocycles. The molecule has 0 aromatic heterocycles. The molecule has 1 fully saturated rings. The van der Waals surface area contributed by atoms with Gasteiger partial charge in [0.1, 0.15) is 0 Å². The quantitative estimate of drug-likeness (QED) is 0.773. The number of hydrogen-bond donors (Lipinski definition) is 1. The minimum Gasteiger partial charge on any atom is -0.370 e. The Hall–Kier alpha value is -0.120. The van der Waals surface area contributed by atoms with Crippen LogP contribution in [0.15, 0.2) is 0 Å². The summed E-state index contributed by atoms with van der Waals surface area (Å²) in [4.78, 5) is 2.44. The zero-order valence-corrected chi connectivity index (χ0v) is 10.6. The maximum Gasteiger partial charge on any atom is 0.0757 e. The van der Waals surface area contributed by atoms with E-state index in [-0.39, 0.29) is 5.60 Å². The third-order valence-corrected chi connectivity index (χ3v) is 2.79. The summed E-state index contributed by atoms with van der Waals surface area (Å²) in [6.45, 7) is 11.6. The van der Waals surface area contributed by atoms with Crippen LogP contribution in [0.4, 0.5) is 0 Å². The van der Waals surface area contributed by atoms with Crippen LogP contribution in [-0.4, -0.2) is 42.3 Å². The van der Waals surface area contributed by atoms with Gasteiger partial charge >= 0.3 is 0 Å². The van der Waals surface area contributed by atoms with Crippen LogP contribution >= 0.6 is 0 Å². The van der Waals surface area contributed by atoms with Gasteiger partial charge in [-0.3, -0.25) is 4.90 Å². The SMILES string of the molecule is CCCC(N)CN1CC(C)OC(C)(C)C1. The summed E-state index contributed by atoms with van der Waals surface area (Å²) in [7, 11) is 0. The van der Waals surface area contributed by atoms with E-state index < -0.39 is 0 Å². The molecule has 0 radical (unpaired) electrons. The molecule has 1 aliphatic heterocycles.